The van der Waals surface area contributed by atoms with Crippen LogP contribution in [-0.2, 0) is 0 Å². The summed E-state index contributed by atoms with van der Waals surface area (Å²) in [4.78, 5) is 3.31. The highest BCUT2D eigenvalue weighted by Gasteiger charge is 2.31. The van der Waals surface area contributed by atoms with Gasteiger partial charge < -0.3 is 0 Å². The Labute approximate surface area is 234 Å². The molecule has 0 spiro atoms. The van der Waals surface area contributed by atoms with E-state index in [4.69, 9.17) is 0 Å². The van der Waals surface area contributed by atoms with Gasteiger partial charge in [0.05, 0.1) is 0 Å². The molecule has 0 aliphatic heterocycles. The van der Waals surface area contributed by atoms with Crippen molar-refractivity contribution in [3.05, 3.63) is 0 Å². The van der Waals surface area contributed by atoms with Gasteiger partial charge in [0.15, 0.2) is 0 Å². The Morgan fingerprint density at radius 1 is 0.189 bits per heavy atom. The number of hydrogen-bond acceptors (Lipinski definition) is 1. The Balaban J connectivity index is 1.76. The average Bonchev–Trinajstić information content (AvgIpc) is 2.88. The van der Waals surface area contributed by atoms with Gasteiger partial charge in [-0.2, -0.15) is 0 Å². The summed E-state index contributed by atoms with van der Waals surface area (Å²) >= 11 is 0. The molecule has 3 fully saturated rings. The number of hydrogen-bond donors (Lipinski definition) is 0. The normalized spacial score (nSPS) is 26.5. The van der Waals surface area contributed by atoms with Crippen molar-refractivity contribution in [1.82, 2.24) is 4.90 Å². The third-order valence-corrected chi connectivity index (χ3v) is 10.5. The molecule has 0 aromatic heterocycles. The van der Waals surface area contributed by atoms with E-state index < -0.39 is 0 Å². The molecule has 0 unspecified atom stereocenters. The minimum absolute atomic E-state index is 0.884. The van der Waals surface area contributed by atoms with Crippen LogP contribution < -0.4 is 0 Å². The lowest BCUT2D eigenvalue weighted by atomic mass is 9.88. The number of nitrogens with zero attached hydrogens (tertiary/aromatic N) is 1. The lowest BCUT2D eigenvalue weighted by molar-refractivity contribution is 0.0402. The maximum atomic E-state index is 3.31. The fraction of sp³-hybridized carbons (Fsp3) is 1.00. The summed E-state index contributed by atoms with van der Waals surface area (Å²) in [5, 5.41) is 0. The zero-order valence-corrected chi connectivity index (χ0v) is 25.5. The second-order valence-electron chi connectivity index (χ2n) is 13.7. The topological polar surface area (TPSA) is 3.24 Å². The van der Waals surface area contributed by atoms with Gasteiger partial charge in [0, 0.05) is 18.1 Å². The van der Waals surface area contributed by atoms with Crippen molar-refractivity contribution in [2.75, 3.05) is 0 Å². The van der Waals surface area contributed by atoms with E-state index in [0.717, 1.165) is 18.1 Å². The van der Waals surface area contributed by atoms with E-state index in [1.807, 2.05) is 0 Å². The standard InChI is InChI=1S/C36H69N/c1-4-10-16-22-28-34(29-23-17-11-5-1)37(35-30-24-18-12-6-2-7-13-19-25-31-35)36-32-26-20-14-8-3-9-15-21-27-33-36/h34-36H,1-33H2. The molecule has 3 aliphatic rings. The van der Waals surface area contributed by atoms with E-state index in [1.165, 1.54) is 212 Å². The molecule has 0 amide bonds. The van der Waals surface area contributed by atoms with Crippen LogP contribution in [0.4, 0.5) is 0 Å². The summed E-state index contributed by atoms with van der Waals surface area (Å²) < 4.78 is 0. The highest BCUT2D eigenvalue weighted by atomic mass is 15.2. The monoisotopic (exact) mass is 516 g/mol. The van der Waals surface area contributed by atoms with Gasteiger partial charge in [-0.15, -0.1) is 0 Å². The average molecular weight is 516 g/mol. The second kappa shape index (κ2) is 21.7. The van der Waals surface area contributed by atoms with Crippen LogP contribution >= 0.6 is 0 Å². The van der Waals surface area contributed by atoms with Crippen LogP contribution in [0, 0.1) is 0 Å². The minimum Gasteiger partial charge on any atom is -0.294 e. The first kappa shape index (κ1) is 31.5. The predicted molar refractivity (Wildman–Crippen MR) is 166 cm³/mol. The van der Waals surface area contributed by atoms with E-state index in [9.17, 15) is 0 Å². The Kier molecular flexibility index (Phi) is 18.5. The Morgan fingerprint density at radius 2 is 0.324 bits per heavy atom. The van der Waals surface area contributed by atoms with Gasteiger partial charge in [0.1, 0.15) is 0 Å². The fourth-order valence-electron chi connectivity index (χ4n) is 8.21. The summed E-state index contributed by atoms with van der Waals surface area (Å²) in [6.45, 7) is 0. The largest absolute Gasteiger partial charge is 0.294 e. The van der Waals surface area contributed by atoms with E-state index in [-0.39, 0.29) is 0 Å². The van der Waals surface area contributed by atoms with Crippen LogP contribution in [0.3, 0.4) is 0 Å². The van der Waals surface area contributed by atoms with E-state index in [1.54, 1.807) is 0 Å². The maximum Gasteiger partial charge on any atom is 0.0101 e. The van der Waals surface area contributed by atoms with Crippen molar-refractivity contribution < 1.29 is 0 Å². The van der Waals surface area contributed by atoms with Gasteiger partial charge >= 0.3 is 0 Å². The van der Waals surface area contributed by atoms with Gasteiger partial charge in [-0.3, -0.25) is 4.90 Å². The first-order valence-electron chi connectivity index (χ1n) is 18.2. The Morgan fingerprint density at radius 3 is 0.486 bits per heavy atom. The summed E-state index contributed by atoms with van der Waals surface area (Å²) in [5.74, 6) is 0. The lowest BCUT2D eigenvalue weighted by Crippen LogP contribution is -2.50. The number of rotatable bonds is 3. The van der Waals surface area contributed by atoms with Crippen LogP contribution in [-0.4, -0.2) is 23.0 Å². The van der Waals surface area contributed by atoms with Crippen LogP contribution in [0.25, 0.3) is 0 Å². The maximum absolute atomic E-state index is 3.31. The molecule has 3 saturated carbocycles. The molecule has 218 valence electrons. The third kappa shape index (κ3) is 14.2. The van der Waals surface area contributed by atoms with E-state index in [2.05, 4.69) is 4.90 Å². The molecule has 0 aromatic rings. The Bertz CT molecular complexity index is 394. The molecule has 0 atom stereocenters. The lowest BCUT2D eigenvalue weighted by Gasteiger charge is -2.45. The van der Waals surface area contributed by atoms with E-state index in [0.29, 0.717) is 0 Å². The first-order valence-corrected chi connectivity index (χ1v) is 18.2. The summed E-state index contributed by atoms with van der Waals surface area (Å²) in [6, 6.07) is 2.65. The zero-order chi connectivity index (χ0) is 25.6. The fourth-order valence-corrected chi connectivity index (χ4v) is 8.21. The van der Waals surface area contributed by atoms with Crippen LogP contribution in [0.2, 0.25) is 0 Å². The molecule has 3 aliphatic carbocycles. The molecule has 0 radical (unpaired) electrons. The van der Waals surface area contributed by atoms with Gasteiger partial charge in [0.25, 0.3) is 0 Å². The van der Waals surface area contributed by atoms with Gasteiger partial charge in [0.2, 0.25) is 0 Å². The molecule has 37 heavy (non-hydrogen) atoms. The van der Waals surface area contributed by atoms with Crippen molar-refractivity contribution in [3.8, 4) is 0 Å². The van der Waals surface area contributed by atoms with Crippen molar-refractivity contribution in [1.29, 1.82) is 0 Å². The van der Waals surface area contributed by atoms with Crippen molar-refractivity contribution in [2.45, 2.75) is 230 Å². The van der Waals surface area contributed by atoms with Crippen LogP contribution in [0.5, 0.6) is 0 Å². The molecular weight excluding hydrogens is 446 g/mol. The summed E-state index contributed by atoms with van der Waals surface area (Å²) in [7, 11) is 0. The minimum atomic E-state index is 0.884. The van der Waals surface area contributed by atoms with Crippen LogP contribution in [0.1, 0.15) is 212 Å². The summed E-state index contributed by atoms with van der Waals surface area (Å²) in [5.41, 5.74) is 0. The molecule has 0 bridgehead atoms. The van der Waals surface area contributed by atoms with E-state index >= 15 is 0 Å². The van der Waals surface area contributed by atoms with Crippen molar-refractivity contribution >= 4 is 0 Å². The molecule has 0 heterocycles. The van der Waals surface area contributed by atoms with Crippen molar-refractivity contribution in [2.24, 2.45) is 0 Å². The molecule has 0 aromatic carbocycles. The highest BCUT2D eigenvalue weighted by molar-refractivity contribution is 4.87. The zero-order valence-electron chi connectivity index (χ0n) is 25.5. The predicted octanol–water partition coefficient (Wildman–Crippen LogP) is 12.3. The van der Waals surface area contributed by atoms with Gasteiger partial charge in [-0.1, -0.05) is 173 Å². The molecule has 1 heteroatoms. The third-order valence-electron chi connectivity index (χ3n) is 10.5. The molecule has 3 rings (SSSR count). The SMILES string of the molecule is C1CCCCCC(N(C2CCCCCCCCCCC2)C2CCCCCCCCCCC2)CCCCC1. The highest BCUT2D eigenvalue weighted by Crippen LogP contribution is 2.33. The molecular formula is C36H69N. The molecule has 1 nitrogen and oxygen atoms in total. The summed E-state index contributed by atoms with van der Waals surface area (Å²) in [6.07, 6.45) is 49.5. The second-order valence-corrected chi connectivity index (χ2v) is 13.7. The molecule has 0 N–H and O–H groups in total. The Hall–Kier alpha value is -0.0400. The van der Waals surface area contributed by atoms with Crippen molar-refractivity contribution in [3.63, 3.8) is 0 Å². The first-order chi connectivity index (χ1) is 18.4. The molecule has 0 saturated heterocycles. The quantitative estimate of drug-likeness (QED) is 0.361. The van der Waals surface area contributed by atoms with Crippen LogP contribution in [0.15, 0.2) is 0 Å². The van der Waals surface area contributed by atoms with Gasteiger partial charge in [-0.05, 0) is 38.5 Å². The van der Waals surface area contributed by atoms with Gasteiger partial charge in [-0.25, -0.2) is 0 Å². The smallest absolute Gasteiger partial charge is 0.0101 e.